The van der Waals surface area contributed by atoms with Crippen molar-refractivity contribution in [2.24, 2.45) is 17.6 Å². The van der Waals surface area contributed by atoms with Gasteiger partial charge in [0.05, 0.1) is 6.54 Å². The second kappa shape index (κ2) is 9.17. The monoisotopic (exact) mass is 442 g/mol. The highest BCUT2D eigenvalue weighted by molar-refractivity contribution is 5.91. The van der Waals surface area contributed by atoms with Crippen molar-refractivity contribution in [1.82, 2.24) is 4.57 Å². The van der Waals surface area contributed by atoms with Crippen molar-refractivity contribution in [3.63, 3.8) is 0 Å². The van der Waals surface area contributed by atoms with Gasteiger partial charge in [0.15, 0.2) is 0 Å². The van der Waals surface area contributed by atoms with Crippen LogP contribution in [0.3, 0.4) is 0 Å². The lowest BCUT2D eigenvalue weighted by Gasteiger charge is -2.37. The van der Waals surface area contributed by atoms with Gasteiger partial charge in [-0.25, -0.2) is 9.13 Å². The number of nitrogens with two attached hydrogens (primary N) is 1. The fraction of sp³-hybridized carbons (Fsp3) is 0.448. The number of hydrogen-bond donors (Lipinski definition) is 1. The van der Waals surface area contributed by atoms with E-state index in [0.29, 0.717) is 6.04 Å². The number of aromatic nitrogens is 2. The van der Waals surface area contributed by atoms with Crippen molar-refractivity contribution in [3.8, 4) is 0 Å². The Bertz CT molecular complexity index is 1040. The Hall–Kier alpha value is -2.88. The summed E-state index contributed by atoms with van der Waals surface area (Å²) in [5.74, 6) is 2.07. The van der Waals surface area contributed by atoms with Crippen LogP contribution in [-0.2, 0) is 16.8 Å². The Balaban J connectivity index is 1.47. The molecule has 2 aromatic carbocycles. The van der Waals surface area contributed by atoms with E-state index in [0.717, 1.165) is 42.9 Å². The fourth-order valence-electron chi connectivity index (χ4n) is 6.70. The SMILES string of the molecule is Cc1n([C@H]2CC[C@H](C(C(N)=O)(c3ccccc3)c3ccccc3)C2)cc[n+]1CC1CCCC1. The molecule has 2 aliphatic rings. The molecule has 4 nitrogen and oxygen atoms in total. The molecule has 2 fully saturated rings. The van der Waals surface area contributed by atoms with Gasteiger partial charge < -0.3 is 5.73 Å². The van der Waals surface area contributed by atoms with Gasteiger partial charge in [0.2, 0.25) is 5.91 Å². The molecule has 0 unspecified atom stereocenters. The summed E-state index contributed by atoms with van der Waals surface area (Å²) < 4.78 is 4.90. The van der Waals surface area contributed by atoms with Gasteiger partial charge >= 0.3 is 0 Å². The van der Waals surface area contributed by atoms with Crippen LogP contribution in [0.2, 0.25) is 0 Å². The second-order valence-electron chi connectivity index (χ2n) is 10.1. The first-order valence-corrected chi connectivity index (χ1v) is 12.6. The van der Waals surface area contributed by atoms with Gasteiger partial charge in [-0.15, -0.1) is 0 Å². The Morgan fingerprint density at radius 3 is 2.15 bits per heavy atom. The average molecular weight is 443 g/mol. The topological polar surface area (TPSA) is 51.9 Å². The van der Waals surface area contributed by atoms with Crippen molar-refractivity contribution in [1.29, 1.82) is 0 Å². The maximum Gasteiger partial charge on any atom is 0.253 e. The lowest BCUT2D eigenvalue weighted by Crippen LogP contribution is -2.47. The Morgan fingerprint density at radius 1 is 0.970 bits per heavy atom. The zero-order valence-corrected chi connectivity index (χ0v) is 19.7. The van der Waals surface area contributed by atoms with Gasteiger partial charge in [-0.05, 0) is 55.1 Å². The van der Waals surface area contributed by atoms with Gasteiger partial charge in [-0.3, -0.25) is 4.79 Å². The van der Waals surface area contributed by atoms with Crippen molar-refractivity contribution in [2.45, 2.75) is 69.9 Å². The summed E-state index contributed by atoms with van der Waals surface area (Å²) >= 11 is 0. The van der Waals surface area contributed by atoms with Crippen LogP contribution < -0.4 is 10.3 Å². The van der Waals surface area contributed by atoms with Crippen LogP contribution in [0.15, 0.2) is 73.1 Å². The predicted octanol–water partition coefficient (Wildman–Crippen LogP) is 5.09. The molecule has 1 heterocycles. The molecule has 5 rings (SSSR count). The lowest BCUT2D eigenvalue weighted by atomic mass is 9.64. The fourth-order valence-corrected chi connectivity index (χ4v) is 6.70. The third-order valence-electron chi connectivity index (χ3n) is 8.38. The first-order valence-electron chi connectivity index (χ1n) is 12.6. The summed E-state index contributed by atoms with van der Waals surface area (Å²) in [4.78, 5) is 13.3. The third-order valence-corrected chi connectivity index (χ3v) is 8.38. The molecule has 0 radical (unpaired) electrons. The van der Waals surface area contributed by atoms with E-state index >= 15 is 0 Å². The standard InChI is InChI=1S/C29H35N3O/c1-22-31(21-23-10-8-9-11-23)18-19-32(22)27-17-16-26(20-27)29(28(30)33,24-12-4-2-5-13-24)25-14-6-3-7-15-25/h2-7,12-15,18-19,23,26-27H,8-11,16-17,20-21H2,1H3,(H-,30,33)/p+1/t26-,27-/m0/s1. The minimum Gasteiger partial charge on any atom is -0.369 e. The predicted molar refractivity (Wildman–Crippen MR) is 131 cm³/mol. The van der Waals surface area contributed by atoms with Crippen LogP contribution in [0.25, 0.3) is 0 Å². The molecule has 2 aliphatic carbocycles. The van der Waals surface area contributed by atoms with Crippen LogP contribution in [-0.4, -0.2) is 10.5 Å². The van der Waals surface area contributed by atoms with Gasteiger partial charge in [0.25, 0.3) is 5.82 Å². The Morgan fingerprint density at radius 2 is 1.58 bits per heavy atom. The maximum atomic E-state index is 13.3. The molecule has 172 valence electrons. The highest BCUT2D eigenvalue weighted by Crippen LogP contribution is 2.50. The van der Waals surface area contributed by atoms with Crippen LogP contribution >= 0.6 is 0 Å². The molecule has 1 amide bonds. The van der Waals surface area contributed by atoms with Crippen molar-refractivity contribution in [2.75, 3.05) is 0 Å². The summed E-state index contributed by atoms with van der Waals surface area (Å²) in [6.07, 6.45) is 13.0. The minimum atomic E-state index is -0.807. The van der Waals surface area contributed by atoms with Crippen LogP contribution in [0.4, 0.5) is 0 Å². The van der Waals surface area contributed by atoms with E-state index in [-0.39, 0.29) is 11.8 Å². The number of hydrogen-bond acceptors (Lipinski definition) is 1. The molecule has 0 aliphatic heterocycles. The summed E-state index contributed by atoms with van der Waals surface area (Å²) in [7, 11) is 0. The van der Waals surface area contributed by atoms with Gasteiger partial charge in [-0.1, -0.05) is 73.5 Å². The Labute approximate surface area is 197 Å². The molecule has 2 atom stereocenters. The first kappa shape index (κ1) is 21.9. The third kappa shape index (κ3) is 3.90. The van der Waals surface area contributed by atoms with Crippen molar-refractivity contribution < 1.29 is 9.36 Å². The molecule has 0 spiro atoms. The molecule has 0 bridgehead atoms. The molecule has 2 N–H and O–H groups in total. The van der Waals surface area contributed by atoms with E-state index in [2.05, 4.69) is 52.7 Å². The van der Waals surface area contributed by atoms with E-state index in [1.165, 1.54) is 31.5 Å². The number of nitrogens with zero attached hydrogens (tertiary/aromatic N) is 2. The molecule has 4 heteroatoms. The zero-order valence-electron chi connectivity index (χ0n) is 19.7. The van der Waals surface area contributed by atoms with Crippen LogP contribution in [0, 0.1) is 18.8 Å². The first-order chi connectivity index (χ1) is 16.1. The molecular formula is C29H36N3O+. The van der Waals surface area contributed by atoms with Gasteiger partial charge in [0.1, 0.15) is 23.9 Å². The van der Waals surface area contributed by atoms with Gasteiger partial charge in [-0.2, -0.15) is 0 Å². The smallest absolute Gasteiger partial charge is 0.253 e. The van der Waals surface area contributed by atoms with E-state index < -0.39 is 5.41 Å². The second-order valence-corrected chi connectivity index (χ2v) is 10.1. The highest BCUT2D eigenvalue weighted by Gasteiger charge is 2.51. The maximum absolute atomic E-state index is 13.3. The summed E-state index contributed by atoms with van der Waals surface area (Å²) in [6.45, 7) is 3.38. The molecular weight excluding hydrogens is 406 g/mol. The molecule has 0 saturated heterocycles. The van der Waals surface area contributed by atoms with E-state index in [4.69, 9.17) is 5.73 Å². The number of primary amides is 1. The van der Waals surface area contributed by atoms with Crippen LogP contribution in [0.1, 0.15) is 67.9 Å². The summed E-state index contributed by atoms with van der Waals surface area (Å²) in [5, 5.41) is 0. The van der Waals surface area contributed by atoms with Crippen LogP contribution in [0.5, 0.6) is 0 Å². The minimum absolute atomic E-state index is 0.162. The summed E-state index contributed by atoms with van der Waals surface area (Å²) in [5.41, 5.74) is 7.49. The van der Waals surface area contributed by atoms with Crippen molar-refractivity contribution in [3.05, 3.63) is 90.0 Å². The average Bonchev–Trinajstić information content (AvgIpc) is 3.59. The molecule has 1 aromatic heterocycles. The van der Waals surface area contributed by atoms with E-state index in [1.54, 1.807) is 0 Å². The number of carbonyl (C=O) groups is 1. The van der Waals surface area contributed by atoms with Gasteiger partial charge in [0, 0.05) is 6.92 Å². The number of benzene rings is 2. The van der Waals surface area contributed by atoms with Crippen molar-refractivity contribution >= 4 is 5.91 Å². The van der Waals surface area contributed by atoms with E-state index in [1.807, 2.05) is 36.4 Å². The number of imidazole rings is 1. The summed E-state index contributed by atoms with van der Waals surface area (Å²) in [6, 6.07) is 20.8. The molecule has 33 heavy (non-hydrogen) atoms. The number of carbonyl (C=O) groups excluding carboxylic acids is 1. The molecule has 2 saturated carbocycles. The molecule has 3 aromatic rings. The number of amides is 1. The highest BCUT2D eigenvalue weighted by atomic mass is 16.1. The Kier molecular flexibility index (Phi) is 6.09. The quantitative estimate of drug-likeness (QED) is 0.509. The largest absolute Gasteiger partial charge is 0.369 e. The number of rotatable bonds is 7. The normalized spacial score (nSPS) is 21.5. The lowest BCUT2D eigenvalue weighted by molar-refractivity contribution is -0.708. The zero-order chi connectivity index (χ0) is 22.8. The van der Waals surface area contributed by atoms with E-state index in [9.17, 15) is 4.79 Å².